The molecule has 0 radical (unpaired) electrons. The first-order valence-corrected chi connectivity index (χ1v) is 8.66. The lowest BCUT2D eigenvalue weighted by atomic mass is 10.1. The summed E-state index contributed by atoms with van der Waals surface area (Å²) in [7, 11) is 6.29. The van der Waals surface area contributed by atoms with Crippen molar-refractivity contribution in [3.8, 4) is 23.0 Å². The number of likely N-dealkylation sites (N-methyl/N-ethyl adjacent to an activating group) is 1. The predicted octanol–water partition coefficient (Wildman–Crippen LogP) is 2.95. The third-order valence-corrected chi connectivity index (χ3v) is 4.24. The first-order chi connectivity index (χ1) is 13.4. The highest BCUT2D eigenvalue weighted by molar-refractivity contribution is 5.94. The molecule has 0 bridgehead atoms. The number of para-hydroxylation sites is 1. The van der Waals surface area contributed by atoms with Gasteiger partial charge >= 0.3 is 0 Å². The van der Waals surface area contributed by atoms with Crippen LogP contribution in [0.4, 0.5) is 0 Å². The lowest BCUT2D eigenvalue weighted by Crippen LogP contribution is -2.31. The molecule has 7 heteroatoms. The van der Waals surface area contributed by atoms with E-state index in [1.807, 2.05) is 12.1 Å². The molecular formula is C21H25NO6. The second-order valence-electron chi connectivity index (χ2n) is 6.11. The smallest absolute Gasteiger partial charge is 0.260 e. The molecule has 0 aliphatic carbocycles. The molecule has 0 atom stereocenters. The molecule has 0 unspecified atom stereocenters. The Morgan fingerprint density at radius 3 is 2.25 bits per heavy atom. The number of hydrogen-bond donors (Lipinski definition) is 0. The van der Waals surface area contributed by atoms with E-state index in [0.29, 0.717) is 35.1 Å². The Morgan fingerprint density at radius 2 is 1.64 bits per heavy atom. The van der Waals surface area contributed by atoms with Gasteiger partial charge in [-0.1, -0.05) is 12.1 Å². The van der Waals surface area contributed by atoms with E-state index in [2.05, 4.69) is 0 Å². The van der Waals surface area contributed by atoms with Gasteiger partial charge in [0.15, 0.2) is 35.4 Å². The van der Waals surface area contributed by atoms with Gasteiger partial charge in [0.25, 0.3) is 5.91 Å². The fourth-order valence-corrected chi connectivity index (χ4v) is 2.68. The number of ether oxygens (including phenoxy) is 4. The summed E-state index contributed by atoms with van der Waals surface area (Å²) in [5, 5.41) is 0. The van der Waals surface area contributed by atoms with Crippen LogP contribution in [-0.4, -0.2) is 51.6 Å². The summed E-state index contributed by atoms with van der Waals surface area (Å²) in [6, 6.07) is 10.4. The lowest BCUT2D eigenvalue weighted by molar-refractivity contribution is -0.132. The van der Waals surface area contributed by atoms with E-state index in [-0.39, 0.29) is 18.3 Å². The van der Waals surface area contributed by atoms with Crippen LogP contribution in [0.3, 0.4) is 0 Å². The van der Waals surface area contributed by atoms with Gasteiger partial charge in [-0.25, -0.2) is 0 Å². The first kappa shape index (κ1) is 21.1. The van der Waals surface area contributed by atoms with Crippen molar-refractivity contribution in [2.24, 2.45) is 0 Å². The third-order valence-electron chi connectivity index (χ3n) is 4.24. The minimum Gasteiger partial charge on any atom is -0.493 e. The maximum atomic E-state index is 12.5. The fourth-order valence-electron chi connectivity index (χ4n) is 2.68. The molecule has 0 saturated heterocycles. The average Bonchev–Trinajstić information content (AvgIpc) is 2.71. The van der Waals surface area contributed by atoms with Crippen molar-refractivity contribution in [1.82, 2.24) is 4.90 Å². The maximum absolute atomic E-state index is 12.5. The van der Waals surface area contributed by atoms with Crippen molar-refractivity contribution < 1.29 is 28.5 Å². The van der Waals surface area contributed by atoms with Crippen molar-refractivity contribution in [2.75, 3.05) is 35.0 Å². The van der Waals surface area contributed by atoms with Gasteiger partial charge in [0.2, 0.25) is 0 Å². The Kier molecular flexibility index (Phi) is 7.26. The average molecular weight is 387 g/mol. The number of carbonyl (C=O) groups excluding carboxylic acids is 2. The third kappa shape index (κ3) is 4.94. The zero-order valence-electron chi connectivity index (χ0n) is 16.8. The Labute approximate surface area is 164 Å². The molecule has 2 aromatic rings. The Hall–Kier alpha value is -3.22. The second kappa shape index (κ2) is 9.64. The van der Waals surface area contributed by atoms with Crippen LogP contribution in [0, 0.1) is 0 Å². The first-order valence-electron chi connectivity index (χ1n) is 8.66. The minimum atomic E-state index is -0.220. The fraction of sp³-hybridized carbons (Fsp3) is 0.333. The molecular weight excluding hydrogens is 362 g/mol. The summed E-state index contributed by atoms with van der Waals surface area (Å²) < 4.78 is 21.5. The standard InChI is InChI=1S/C21H25NO6/c1-14(23)15-9-10-17(19(11-15)26-4)28-13-20(24)22(2)12-16-7-6-8-18(25-3)21(16)27-5/h6-11H,12-13H2,1-5H3. The van der Waals surface area contributed by atoms with Crippen LogP contribution in [0.1, 0.15) is 22.8 Å². The summed E-state index contributed by atoms with van der Waals surface area (Å²) in [4.78, 5) is 25.5. The molecule has 0 N–H and O–H groups in total. The van der Waals surface area contributed by atoms with Gasteiger partial charge in [0.05, 0.1) is 21.3 Å². The van der Waals surface area contributed by atoms with Gasteiger partial charge in [-0.2, -0.15) is 0 Å². The van der Waals surface area contributed by atoms with E-state index in [1.165, 1.54) is 18.9 Å². The Balaban J connectivity index is 2.05. The summed E-state index contributed by atoms with van der Waals surface area (Å²) in [5.74, 6) is 1.70. The number of Topliss-reactive ketones (excluding diaryl/α,β-unsaturated/α-hetero) is 1. The zero-order chi connectivity index (χ0) is 20.7. The van der Waals surface area contributed by atoms with Gasteiger partial charge in [0, 0.05) is 24.7 Å². The maximum Gasteiger partial charge on any atom is 0.260 e. The van der Waals surface area contributed by atoms with E-state index < -0.39 is 0 Å². The molecule has 0 heterocycles. The Bertz CT molecular complexity index is 849. The summed E-state index contributed by atoms with van der Waals surface area (Å²) in [6.45, 7) is 1.64. The van der Waals surface area contributed by atoms with Gasteiger partial charge in [-0.3, -0.25) is 9.59 Å². The molecule has 28 heavy (non-hydrogen) atoms. The predicted molar refractivity (Wildman–Crippen MR) is 105 cm³/mol. The van der Waals surface area contributed by atoms with Gasteiger partial charge in [-0.15, -0.1) is 0 Å². The lowest BCUT2D eigenvalue weighted by Gasteiger charge is -2.20. The number of methoxy groups -OCH3 is 3. The monoisotopic (exact) mass is 387 g/mol. The van der Waals surface area contributed by atoms with Crippen LogP contribution in [0.25, 0.3) is 0 Å². The van der Waals surface area contributed by atoms with E-state index in [1.54, 1.807) is 45.5 Å². The van der Waals surface area contributed by atoms with E-state index in [9.17, 15) is 9.59 Å². The second-order valence-corrected chi connectivity index (χ2v) is 6.11. The molecule has 2 rings (SSSR count). The van der Waals surface area contributed by atoms with Crippen LogP contribution < -0.4 is 18.9 Å². The van der Waals surface area contributed by atoms with Crippen molar-refractivity contribution >= 4 is 11.7 Å². The Morgan fingerprint density at radius 1 is 0.929 bits per heavy atom. The highest BCUT2D eigenvalue weighted by Crippen LogP contribution is 2.31. The van der Waals surface area contributed by atoms with Gasteiger partial charge < -0.3 is 23.8 Å². The van der Waals surface area contributed by atoms with Crippen LogP contribution >= 0.6 is 0 Å². The van der Waals surface area contributed by atoms with Crippen LogP contribution in [-0.2, 0) is 11.3 Å². The highest BCUT2D eigenvalue weighted by Gasteiger charge is 2.16. The summed E-state index contributed by atoms with van der Waals surface area (Å²) in [6.07, 6.45) is 0. The van der Waals surface area contributed by atoms with E-state index in [0.717, 1.165) is 5.56 Å². The van der Waals surface area contributed by atoms with Crippen molar-refractivity contribution in [3.05, 3.63) is 47.5 Å². The number of nitrogens with zero attached hydrogens (tertiary/aromatic N) is 1. The van der Waals surface area contributed by atoms with E-state index in [4.69, 9.17) is 18.9 Å². The van der Waals surface area contributed by atoms with Crippen LogP contribution in [0.5, 0.6) is 23.0 Å². The number of benzene rings is 2. The zero-order valence-corrected chi connectivity index (χ0v) is 16.8. The van der Waals surface area contributed by atoms with Crippen molar-refractivity contribution in [2.45, 2.75) is 13.5 Å². The molecule has 0 spiro atoms. The van der Waals surface area contributed by atoms with Crippen molar-refractivity contribution in [1.29, 1.82) is 0 Å². The molecule has 7 nitrogen and oxygen atoms in total. The molecule has 0 aliphatic heterocycles. The van der Waals surface area contributed by atoms with Crippen LogP contribution in [0.15, 0.2) is 36.4 Å². The number of hydrogen-bond acceptors (Lipinski definition) is 6. The molecule has 0 fully saturated rings. The molecule has 1 amide bonds. The largest absolute Gasteiger partial charge is 0.493 e. The highest BCUT2D eigenvalue weighted by atomic mass is 16.5. The number of carbonyl (C=O) groups is 2. The van der Waals surface area contributed by atoms with Crippen molar-refractivity contribution in [3.63, 3.8) is 0 Å². The SMILES string of the molecule is COc1cc(C(C)=O)ccc1OCC(=O)N(C)Cc1cccc(OC)c1OC. The molecule has 0 aromatic heterocycles. The number of amides is 1. The summed E-state index contributed by atoms with van der Waals surface area (Å²) in [5.41, 5.74) is 1.33. The van der Waals surface area contributed by atoms with Gasteiger partial charge in [0.1, 0.15) is 0 Å². The quantitative estimate of drug-likeness (QED) is 0.616. The normalized spacial score (nSPS) is 10.2. The van der Waals surface area contributed by atoms with E-state index >= 15 is 0 Å². The topological polar surface area (TPSA) is 74.3 Å². The molecule has 150 valence electrons. The van der Waals surface area contributed by atoms with Gasteiger partial charge in [-0.05, 0) is 31.2 Å². The number of ketones is 1. The molecule has 0 saturated carbocycles. The molecule has 0 aliphatic rings. The minimum absolute atomic E-state index is 0.0760. The summed E-state index contributed by atoms with van der Waals surface area (Å²) >= 11 is 0. The number of rotatable bonds is 9. The molecule has 2 aromatic carbocycles. The van der Waals surface area contributed by atoms with Crippen LogP contribution in [0.2, 0.25) is 0 Å².